The summed E-state index contributed by atoms with van der Waals surface area (Å²) < 4.78 is 40.9. The summed E-state index contributed by atoms with van der Waals surface area (Å²) in [6, 6.07) is 10.5. The Balaban J connectivity index is 2.33. The Kier molecular flexibility index (Phi) is 4.76. The van der Waals surface area contributed by atoms with Crippen molar-refractivity contribution in [2.45, 2.75) is 12.1 Å². The van der Waals surface area contributed by atoms with E-state index < -0.39 is 40.6 Å². The molecule has 0 radical (unpaired) electrons. The molecule has 3 rings (SSSR count). The van der Waals surface area contributed by atoms with Crippen LogP contribution in [0.4, 0.5) is 13.2 Å². The van der Waals surface area contributed by atoms with E-state index in [1.807, 2.05) is 6.07 Å². The Hall–Kier alpha value is -2.76. The topological polar surface area (TPSA) is 95.2 Å². The van der Waals surface area contributed by atoms with E-state index in [4.69, 9.17) is 5.41 Å². The van der Waals surface area contributed by atoms with Crippen LogP contribution in [0.5, 0.6) is 0 Å². The molecule has 27 heavy (non-hydrogen) atoms. The Bertz CT molecular complexity index is 931. The first-order valence-electron chi connectivity index (χ1n) is 8.06. The average Bonchev–Trinajstić information content (AvgIpc) is 2.66. The molecular weight excluding hydrogens is 373 g/mol. The van der Waals surface area contributed by atoms with Crippen LogP contribution in [0, 0.1) is 56.7 Å². The number of nitriles is 3. The Morgan fingerprint density at radius 1 is 1.15 bits per heavy atom. The number of hydrogen-bond donors (Lipinski definition) is 1. The number of alkyl halides is 3. The van der Waals surface area contributed by atoms with Crippen molar-refractivity contribution in [1.82, 2.24) is 0 Å². The van der Waals surface area contributed by atoms with E-state index in [-0.39, 0.29) is 5.56 Å². The van der Waals surface area contributed by atoms with Crippen molar-refractivity contribution in [2.75, 3.05) is 11.5 Å². The van der Waals surface area contributed by atoms with Crippen LogP contribution in [0.2, 0.25) is 0 Å². The van der Waals surface area contributed by atoms with E-state index in [1.165, 1.54) is 30.0 Å². The lowest BCUT2D eigenvalue weighted by molar-refractivity contribution is -0.138. The summed E-state index contributed by atoms with van der Waals surface area (Å²) in [6.45, 7) is 0. The lowest BCUT2D eigenvalue weighted by Gasteiger charge is -2.46. The molecule has 8 heteroatoms. The van der Waals surface area contributed by atoms with Gasteiger partial charge in [-0.2, -0.15) is 40.7 Å². The maximum Gasteiger partial charge on any atom is 0.416 e. The number of allylic oxidation sites excluding steroid dienone is 1. The van der Waals surface area contributed by atoms with Crippen LogP contribution in [0.15, 0.2) is 35.9 Å². The maximum absolute atomic E-state index is 13.6. The molecule has 1 saturated carbocycles. The zero-order chi connectivity index (χ0) is 19.8. The number of fused-ring (bicyclic) bond motifs is 1. The Morgan fingerprint density at radius 3 is 2.41 bits per heavy atom. The summed E-state index contributed by atoms with van der Waals surface area (Å²) in [6.07, 6.45) is -2.91. The highest BCUT2D eigenvalue weighted by Crippen LogP contribution is 2.56. The minimum atomic E-state index is -4.66. The molecule has 0 spiro atoms. The highest BCUT2D eigenvalue weighted by Gasteiger charge is 2.58. The molecule has 2 aliphatic rings. The van der Waals surface area contributed by atoms with Gasteiger partial charge in [-0.25, -0.2) is 0 Å². The third-order valence-corrected chi connectivity index (χ3v) is 6.16. The van der Waals surface area contributed by atoms with E-state index >= 15 is 0 Å². The van der Waals surface area contributed by atoms with E-state index in [2.05, 4.69) is 0 Å². The zero-order valence-corrected chi connectivity index (χ0v) is 14.7. The third kappa shape index (κ3) is 2.80. The standard InChI is InChI=1S/C19H13F3N4S/c20-19(21,22)15-4-2-1-3-12(15)16-14-8-27-6-5-11(14)13(7-23)17(26)18(16,9-24)10-25/h1-5,13-14,16,26H,6,8H2/t13-,14+,16-/m1/s1. The molecule has 0 amide bonds. The van der Waals surface area contributed by atoms with Gasteiger partial charge in [-0.3, -0.25) is 0 Å². The lowest BCUT2D eigenvalue weighted by atomic mass is 9.54. The van der Waals surface area contributed by atoms with Crippen molar-refractivity contribution in [2.24, 2.45) is 17.3 Å². The Morgan fingerprint density at radius 2 is 1.81 bits per heavy atom. The molecule has 0 aromatic heterocycles. The van der Waals surface area contributed by atoms with E-state index in [9.17, 15) is 29.0 Å². The molecule has 4 nitrogen and oxygen atoms in total. The predicted octanol–water partition coefficient (Wildman–Crippen LogP) is 4.29. The second kappa shape index (κ2) is 6.76. The second-order valence-corrected chi connectivity index (χ2v) is 7.49. The molecule has 1 aliphatic heterocycles. The van der Waals surface area contributed by atoms with Gasteiger partial charge in [0.05, 0.1) is 29.5 Å². The number of halogens is 3. The minimum absolute atomic E-state index is 0.173. The fraction of sp³-hybridized carbons (Fsp3) is 0.368. The molecule has 1 aromatic carbocycles. The third-order valence-electron chi connectivity index (χ3n) is 5.16. The molecule has 136 valence electrons. The molecule has 0 saturated heterocycles. The first-order chi connectivity index (χ1) is 12.8. The van der Waals surface area contributed by atoms with Gasteiger partial charge in [0, 0.05) is 23.3 Å². The molecule has 1 heterocycles. The van der Waals surface area contributed by atoms with Crippen molar-refractivity contribution in [3.05, 3.63) is 47.0 Å². The fourth-order valence-electron chi connectivity index (χ4n) is 3.98. The van der Waals surface area contributed by atoms with Crippen molar-refractivity contribution in [3.8, 4) is 18.2 Å². The summed E-state index contributed by atoms with van der Waals surface area (Å²) in [5, 5.41) is 37.5. The summed E-state index contributed by atoms with van der Waals surface area (Å²) in [5.74, 6) is -1.85. The Labute approximate surface area is 158 Å². The number of rotatable bonds is 1. The van der Waals surface area contributed by atoms with Gasteiger partial charge >= 0.3 is 6.18 Å². The highest BCUT2D eigenvalue weighted by atomic mass is 32.2. The molecule has 1 fully saturated rings. The number of benzene rings is 1. The van der Waals surface area contributed by atoms with Gasteiger partial charge in [-0.15, -0.1) is 0 Å². The first kappa shape index (κ1) is 19.0. The first-order valence-corrected chi connectivity index (χ1v) is 9.22. The second-order valence-electron chi connectivity index (χ2n) is 6.42. The molecular formula is C19H13F3N4S. The molecule has 1 aromatic rings. The molecule has 1 N–H and O–H groups in total. The number of nitrogens with zero attached hydrogens (tertiary/aromatic N) is 3. The fourth-order valence-corrected chi connectivity index (χ4v) is 5.07. The van der Waals surface area contributed by atoms with E-state index in [1.54, 1.807) is 18.2 Å². The van der Waals surface area contributed by atoms with Gasteiger partial charge in [0.25, 0.3) is 0 Å². The van der Waals surface area contributed by atoms with Crippen molar-refractivity contribution in [1.29, 1.82) is 21.2 Å². The van der Waals surface area contributed by atoms with Crippen LogP contribution < -0.4 is 0 Å². The van der Waals surface area contributed by atoms with Crippen molar-refractivity contribution >= 4 is 17.5 Å². The summed E-state index contributed by atoms with van der Waals surface area (Å²) in [7, 11) is 0. The van der Waals surface area contributed by atoms with Crippen molar-refractivity contribution < 1.29 is 13.2 Å². The number of thioether (sulfide) groups is 1. The van der Waals surface area contributed by atoms with Gasteiger partial charge in [0.15, 0.2) is 5.41 Å². The molecule has 1 aliphatic carbocycles. The predicted molar refractivity (Wildman–Crippen MR) is 93.6 cm³/mol. The maximum atomic E-state index is 13.6. The van der Waals surface area contributed by atoms with Gasteiger partial charge in [0.2, 0.25) is 0 Å². The smallest absolute Gasteiger partial charge is 0.305 e. The van der Waals surface area contributed by atoms with Gasteiger partial charge in [0.1, 0.15) is 5.92 Å². The molecule has 0 bridgehead atoms. The largest absolute Gasteiger partial charge is 0.416 e. The minimum Gasteiger partial charge on any atom is -0.305 e. The van der Waals surface area contributed by atoms with E-state index in [0.29, 0.717) is 17.1 Å². The van der Waals surface area contributed by atoms with Crippen LogP contribution in [0.3, 0.4) is 0 Å². The lowest BCUT2D eigenvalue weighted by Crippen LogP contribution is -2.50. The van der Waals surface area contributed by atoms with E-state index in [0.717, 1.165) is 6.07 Å². The van der Waals surface area contributed by atoms with Gasteiger partial charge in [-0.1, -0.05) is 24.3 Å². The van der Waals surface area contributed by atoms with Gasteiger partial charge in [-0.05, 0) is 17.2 Å². The quantitative estimate of drug-likeness (QED) is 0.729. The monoisotopic (exact) mass is 386 g/mol. The highest BCUT2D eigenvalue weighted by molar-refractivity contribution is 7.99. The van der Waals surface area contributed by atoms with Crippen LogP contribution in [0.1, 0.15) is 17.0 Å². The van der Waals surface area contributed by atoms with Crippen LogP contribution in [-0.4, -0.2) is 17.2 Å². The molecule has 0 unspecified atom stereocenters. The van der Waals surface area contributed by atoms with Crippen LogP contribution in [-0.2, 0) is 6.18 Å². The number of nitrogens with one attached hydrogen (secondary N) is 1. The SMILES string of the molecule is N#C[C@H]1C(=N)C(C#N)(C#N)[C@H](c2ccccc2C(F)(F)F)[C@H]2CSCC=C12. The number of hydrogen-bond acceptors (Lipinski definition) is 5. The van der Waals surface area contributed by atoms with Crippen LogP contribution in [0.25, 0.3) is 0 Å². The average molecular weight is 386 g/mol. The summed E-state index contributed by atoms with van der Waals surface area (Å²) in [4.78, 5) is 0. The van der Waals surface area contributed by atoms with Gasteiger partial charge < -0.3 is 5.41 Å². The normalized spacial score (nSPS) is 26.7. The van der Waals surface area contributed by atoms with Crippen LogP contribution >= 0.6 is 11.8 Å². The van der Waals surface area contributed by atoms with Crippen molar-refractivity contribution in [3.63, 3.8) is 0 Å². The summed E-state index contributed by atoms with van der Waals surface area (Å²) >= 11 is 1.47. The summed E-state index contributed by atoms with van der Waals surface area (Å²) in [5.41, 5.74) is -3.10. The zero-order valence-electron chi connectivity index (χ0n) is 13.9. The molecule has 3 atom stereocenters.